The summed E-state index contributed by atoms with van der Waals surface area (Å²) in [6, 6.07) is 8.75. The Labute approximate surface area is 229 Å². The highest BCUT2D eigenvalue weighted by Crippen LogP contribution is 2.36. The molecule has 2 heterocycles. The summed E-state index contributed by atoms with van der Waals surface area (Å²) in [6.07, 6.45) is 1.83. The van der Waals surface area contributed by atoms with Crippen LogP contribution in [0.15, 0.2) is 36.7 Å². The SMILES string of the molecule is CNc1nc(N)nc2c1ncn2C(C)OC(CCl)COP(NC(C)C=O)Oc1ccccc1.COC(C)C. The third-order valence-corrected chi connectivity index (χ3v) is 6.65. The number of imidazole rings is 1. The Balaban J connectivity index is 0.000000926. The van der Waals surface area contributed by atoms with Gasteiger partial charge in [0.25, 0.3) is 0 Å². The van der Waals surface area contributed by atoms with Crippen LogP contribution in [0.25, 0.3) is 11.2 Å². The minimum absolute atomic E-state index is 0.122. The quantitative estimate of drug-likeness (QED) is 0.146. The molecule has 38 heavy (non-hydrogen) atoms. The summed E-state index contributed by atoms with van der Waals surface area (Å²) < 4.78 is 24.4. The summed E-state index contributed by atoms with van der Waals surface area (Å²) in [4.78, 5) is 23.9. The minimum Gasteiger partial charge on any atom is -0.436 e. The van der Waals surface area contributed by atoms with E-state index in [1.807, 2.05) is 39.0 Å². The Bertz CT molecular complexity index is 1110. The van der Waals surface area contributed by atoms with Crippen molar-refractivity contribution in [1.29, 1.82) is 0 Å². The Kier molecular flexibility index (Phi) is 13.6. The number of anilines is 2. The number of nitrogens with zero attached hydrogens (tertiary/aromatic N) is 4. The zero-order valence-corrected chi connectivity index (χ0v) is 24.1. The van der Waals surface area contributed by atoms with E-state index in [-0.39, 0.29) is 18.4 Å². The van der Waals surface area contributed by atoms with Crippen LogP contribution in [-0.2, 0) is 18.8 Å². The Morgan fingerprint density at radius 3 is 2.45 bits per heavy atom. The second-order valence-corrected chi connectivity index (χ2v) is 9.83. The number of ether oxygens (including phenoxy) is 2. The summed E-state index contributed by atoms with van der Waals surface area (Å²) in [5.41, 5.74) is 6.93. The van der Waals surface area contributed by atoms with Gasteiger partial charge in [-0.25, -0.2) is 10.1 Å². The normalized spacial score (nSPS) is 14.3. The summed E-state index contributed by atoms with van der Waals surface area (Å²) in [6.45, 7) is 7.69. The lowest BCUT2D eigenvalue weighted by Crippen LogP contribution is -2.29. The van der Waals surface area contributed by atoms with E-state index < -0.39 is 26.9 Å². The van der Waals surface area contributed by atoms with Crippen LogP contribution in [0.3, 0.4) is 0 Å². The van der Waals surface area contributed by atoms with Crippen LogP contribution in [0.2, 0.25) is 0 Å². The number of hydrogen-bond acceptors (Lipinski definition) is 11. The van der Waals surface area contributed by atoms with Crippen molar-refractivity contribution < 1.29 is 23.3 Å². The molecular weight excluding hydrogens is 533 g/mol. The third kappa shape index (κ3) is 9.94. The fourth-order valence-corrected chi connectivity index (χ4v) is 4.20. The summed E-state index contributed by atoms with van der Waals surface area (Å²) >= 11 is 6.15. The molecular formula is C24H37ClN7O5P. The molecule has 1 aromatic carbocycles. The second-order valence-electron chi connectivity index (χ2n) is 8.31. The lowest BCUT2D eigenvalue weighted by Gasteiger charge is -2.25. The first-order chi connectivity index (χ1) is 18.2. The van der Waals surface area contributed by atoms with Gasteiger partial charge in [-0.2, -0.15) is 9.97 Å². The molecule has 0 radical (unpaired) electrons. The van der Waals surface area contributed by atoms with Gasteiger partial charge >= 0.3 is 8.53 Å². The molecule has 14 heteroatoms. The number of alkyl halides is 1. The first-order valence-electron chi connectivity index (χ1n) is 12.0. The number of rotatable bonds is 14. The maximum atomic E-state index is 11.1. The van der Waals surface area contributed by atoms with Crippen LogP contribution in [0.5, 0.6) is 5.75 Å². The maximum Gasteiger partial charge on any atom is 0.318 e. The third-order valence-electron chi connectivity index (χ3n) is 4.92. The fourth-order valence-electron chi connectivity index (χ4n) is 2.85. The number of nitrogens with two attached hydrogens (primary N) is 1. The number of fused-ring (bicyclic) bond motifs is 1. The van der Waals surface area contributed by atoms with Gasteiger partial charge in [0.05, 0.1) is 37.1 Å². The summed E-state index contributed by atoms with van der Waals surface area (Å²) in [5.74, 6) is 1.44. The number of aldehydes is 1. The van der Waals surface area contributed by atoms with Gasteiger partial charge in [0.1, 0.15) is 18.3 Å². The average Bonchev–Trinajstić information content (AvgIpc) is 3.34. The fraction of sp³-hybridized carbons (Fsp3) is 0.500. The molecule has 0 saturated carbocycles. The molecule has 4 atom stereocenters. The van der Waals surface area contributed by atoms with Gasteiger partial charge in [-0.1, -0.05) is 18.2 Å². The Morgan fingerprint density at radius 2 is 1.87 bits per heavy atom. The molecule has 0 bridgehead atoms. The number of carbonyl (C=O) groups excluding carboxylic acids is 1. The van der Waals surface area contributed by atoms with Crippen LogP contribution in [0.4, 0.5) is 11.8 Å². The molecule has 0 saturated heterocycles. The van der Waals surface area contributed by atoms with Crippen molar-refractivity contribution in [1.82, 2.24) is 24.6 Å². The first kappa shape index (κ1) is 31.6. The number of hydrogen-bond donors (Lipinski definition) is 3. The van der Waals surface area contributed by atoms with Crippen LogP contribution < -0.4 is 20.7 Å². The van der Waals surface area contributed by atoms with Crippen molar-refractivity contribution in [3.63, 3.8) is 0 Å². The number of methoxy groups -OCH3 is 1. The summed E-state index contributed by atoms with van der Waals surface area (Å²) in [7, 11) is 1.82. The van der Waals surface area contributed by atoms with Crippen LogP contribution in [0, 0.1) is 0 Å². The smallest absolute Gasteiger partial charge is 0.318 e. The number of para-hydroxylation sites is 1. The van der Waals surface area contributed by atoms with Gasteiger partial charge < -0.3 is 34.4 Å². The molecule has 0 amide bonds. The number of halogens is 1. The topological polar surface area (TPSA) is 148 Å². The second kappa shape index (κ2) is 16.4. The minimum atomic E-state index is -1.61. The molecule has 0 aliphatic rings. The van der Waals surface area contributed by atoms with Gasteiger partial charge in [0, 0.05) is 14.2 Å². The lowest BCUT2D eigenvalue weighted by molar-refractivity contribution is -0.108. The molecule has 0 aliphatic heterocycles. The highest BCUT2D eigenvalue weighted by molar-refractivity contribution is 7.45. The molecule has 0 aliphatic carbocycles. The molecule has 0 fully saturated rings. The standard InChI is InChI=1S/C20H27ClN7O4P.C4H10O/c1-13(10-29)27-33(32-15-7-5-4-6-8-15)30-11-16(9-21)31-14(2)28-12-24-17-18(23-3)25-20(22)26-19(17)28;1-4(2)5-3/h4-8,10,12-14,16,27H,9,11H2,1-3H3,(H3,22,23,25,26);4H,1-3H3. The average molecular weight is 570 g/mol. The number of aromatic nitrogens is 4. The van der Waals surface area contributed by atoms with Crippen molar-refractivity contribution in [3.05, 3.63) is 36.7 Å². The molecule has 3 aromatic rings. The molecule has 0 spiro atoms. The Morgan fingerprint density at radius 1 is 1.18 bits per heavy atom. The van der Waals surface area contributed by atoms with E-state index >= 15 is 0 Å². The number of nitrogens with one attached hydrogen (secondary N) is 2. The maximum absolute atomic E-state index is 11.1. The van der Waals surface area contributed by atoms with Crippen LogP contribution >= 0.6 is 20.1 Å². The highest BCUT2D eigenvalue weighted by Gasteiger charge is 2.22. The van der Waals surface area contributed by atoms with E-state index in [1.165, 1.54) is 0 Å². The largest absolute Gasteiger partial charge is 0.436 e. The number of nitrogen functional groups attached to an aromatic ring is 1. The van der Waals surface area contributed by atoms with Crippen molar-refractivity contribution in [2.75, 3.05) is 37.7 Å². The predicted octanol–water partition coefficient (Wildman–Crippen LogP) is 4.13. The van der Waals surface area contributed by atoms with Gasteiger partial charge in [-0.15, -0.1) is 11.6 Å². The van der Waals surface area contributed by atoms with E-state index in [0.29, 0.717) is 28.8 Å². The van der Waals surface area contributed by atoms with E-state index in [9.17, 15) is 4.79 Å². The van der Waals surface area contributed by atoms with Crippen LogP contribution in [0.1, 0.15) is 33.9 Å². The van der Waals surface area contributed by atoms with Crippen molar-refractivity contribution in [2.24, 2.45) is 0 Å². The Hall–Kier alpha value is -2.60. The predicted molar refractivity (Wildman–Crippen MR) is 150 cm³/mol. The van der Waals surface area contributed by atoms with Gasteiger partial charge in [0.2, 0.25) is 5.95 Å². The first-order valence-corrected chi connectivity index (χ1v) is 13.7. The molecule has 12 nitrogen and oxygen atoms in total. The highest BCUT2D eigenvalue weighted by atomic mass is 35.5. The summed E-state index contributed by atoms with van der Waals surface area (Å²) in [5, 5.41) is 5.97. The van der Waals surface area contributed by atoms with E-state index in [1.54, 1.807) is 44.1 Å². The van der Waals surface area contributed by atoms with E-state index in [2.05, 4.69) is 25.4 Å². The van der Waals surface area contributed by atoms with Gasteiger partial charge in [0.15, 0.2) is 17.0 Å². The molecule has 4 unspecified atom stereocenters. The number of carbonyl (C=O) groups is 1. The molecule has 4 N–H and O–H groups in total. The van der Waals surface area contributed by atoms with Crippen molar-refractivity contribution in [2.45, 2.75) is 52.2 Å². The zero-order valence-electron chi connectivity index (χ0n) is 22.5. The molecule has 210 valence electrons. The zero-order chi connectivity index (χ0) is 28.1. The van der Waals surface area contributed by atoms with Crippen LogP contribution in [-0.4, -0.2) is 70.7 Å². The van der Waals surface area contributed by atoms with Gasteiger partial charge in [-0.05, 0) is 39.8 Å². The number of benzene rings is 1. The van der Waals surface area contributed by atoms with E-state index in [4.69, 9.17) is 35.9 Å². The van der Waals surface area contributed by atoms with Gasteiger partial charge in [-0.3, -0.25) is 4.57 Å². The monoisotopic (exact) mass is 569 g/mol. The molecule has 2 aromatic heterocycles. The molecule has 3 rings (SSSR count). The van der Waals surface area contributed by atoms with Crippen molar-refractivity contribution in [3.8, 4) is 5.75 Å². The van der Waals surface area contributed by atoms with E-state index in [0.717, 1.165) is 6.29 Å². The lowest BCUT2D eigenvalue weighted by atomic mass is 10.3. The van der Waals surface area contributed by atoms with Crippen molar-refractivity contribution >= 4 is 49.3 Å².